The van der Waals surface area contributed by atoms with Crippen LogP contribution in [-0.2, 0) is 9.31 Å². The maximum atomic E-state index is 8.07. The van der Waals surface area contributed by atoms with Crippen molar-refractivity contribution in [2.45, 2.75) is 0 Å². The van der Waals surface area contributed by atoms with Gasteiger partial charge in [-0.2, -0.15) is 0 Å². The number of aliphatic hydroxyl groups excluding tert-OH is 2. The van der Waals surface area contributed by atoms with Crippen LogP contribution in [0.2, 0.25) is 0 Å². The molecule has 6 N–H and O–H groups in total. The van der Waals surface area contributed by atoms with Gasteiger partial charge in [0.05, 0.1) is 26.4 Å². The molecule has 11 heteroatoms. The summed E-state index contributed by atoms with van der Waals surface area (Å²) in [4.78, 5) is 0. The van der Waals surface area contributed by atoms with E-state index in [0.717, 1.165) is 0 Å². The van der Waals surface area contributed by atoms with E-state index in [4.69, 9.17) is 30.3 Å². The van der Waals surface area contributed by atoms with Crippen LogP contribution in [0.1, 0.15) is 0 Å². The Hall–Kier alpha value is 1.45. The molecule has 0 aliphatic rings. The third-order valence-electron chi connectivity index (χ3n) is 0.717. The summed E-state index contributed by atoms with van der Waals surface area (Å²) in [7, 11) is -3.70. The molecule has 8 nitrogen and oxygen atoms in total. The normalized spacial score (nSPS) is 8.40. The predicted molar refractivity (Wildman–Crippen MR) is 53.6 cm³/mol. The van der Waals surface area contributed by atoms with E-state index < -0.39 is 14.6 Å². The Balaban J connectivity index is -0.000000249. The summed E-state index contributed by atoms with van der Waals surface area (Å²) in [5.41, 5.74) is 0. The van der Waals surface area contributed by atoms with Crippen LogP contribution >= 0.6 is 0 Å². The van der Waals surface area contributed by atoms with Crippen LogP contribution in [0.4, 0.5) is 0 Å². The van der Waals surface area contributed by atoms with Gasteiger partial charge >= 0.3 is 66.0 Å². The fourth-order valence-electron chi connectivity index (χ4n) is 0.307. The second-order valence-electron chi connectivity index (χ2n) is 1.84. The third-order valence-corrected chi connectivity index (χ3v) is 0.717. The summed E-state index contributed by atoms with van der Waals surface area (Å²) in [6.07, 6.45) is 0. The van der Waals surface area contributed by atoms with E-state index >= 15 is 0 Å². The topological polar surface area (TPSA) is 140 Å². The number of rotatable bonds is 6. The minimum absolute atomic E-state index is 0. The van der Waals surface area contributed by atoms with E-state index in [0.29, 0.717) is 0 Å². The Bertz CT molecular complexity index is 94.6. The van der Waals surface area contributed by atoms with Crippen LogP contribution < -0.4 is 0 Å². The molecule has 0 spiro atoms. The molecule has 0 aliphatic carbocycles. The zero-order chi connectivity index (χ0) is 11.4. The molecule has 0 bridgehead atoms. The van der Waals surface area contributed by atoms with Gasteiger partial charge in [-0.1, -0.05) is 0 Å². The van der Waals surface area contributed by atoms with Crippen LogP contribution in [0.5, 0.6) is 0 Å². The van der Waals surface area contributed by atoms with Gasteiger partial charge in [0.15, 0.2) is 0 Å². The Labute approximate surface area is 131 Å². The molecule has 0 aromatic rings. The molecule has 0 aromatic heterocycles. The van der Waals surface area contributed by atoms with E-state index in [1.165, 1.54) is 0 Å². The first-order chi connectivity index (χ1) is 6.54. The molecular weight excluding hydrogens is 237 g/mol. The molecule has 0 aromatic carbocycles. The third kappa shape index (κ3) is 31.3. The van der Waals surface area contributed by atoms with Gasteiger partial charge in [0.25, 0.3) is 0 Å². The monoisotopic (exact) mass is 252 g/mol. The summed E-state index contributed by atoms with van der Waals surface area (Å²) in [6, 6.07) is 0. The van der Waals surface area contributed by atoms with E-state index in [-0.39, 0.29) is 77.8 Å². The van der Waals surface area contributed by atoms with Crippen molar-refractivity contribution in [3.63, 3.8) is 0 Å². The second kappa shape index (κ2) is 17.8. The summed E-state index contributed by atoms with van der Waals surface area (Å²) in [5.74, 6) is 0. The van der Waals surface area contributed by atoms with Gasteiger partial charge in [-0.05, 0) is 0 Å². The molecule has 0 rings (SSSR count). The molecule has 0 radical (unpaired) electrons. The van der Waals surface area contributed by atoms with Crippen LogP contribution in [0, 0.1) is 0 Å². The van der Waals surface area contributed by atoms with E-state index in [9.17, 15) is 0 Å². The first kappa shape index (κ1) is 21.7. The van der Waals surface area contributed by atoms with E-state index in [2.05, 4.69) is 9.31 Å². The van der Waals surface area contributed by atoms with Crippen molar-refractivity contribution >= 4 is 66.0 Å². The molecule has 0 fully saturated rings. The van der Waals surface area contributed by atoms with Crippen LogP contribution in [0.15, 0.2) is 0 Å². The zero-order valence-corrected chi connectivity index (χ0v) is 7.48. The average molecular weight is 252 g/mol. The molecule has 15 heavy (non-hydrogen) atoms. The summed E-state index contributed by atoms with van der Waals surface area (Å²) >= 11 is 0. The summed E-state index contributed by atoms with van der Waals surface area (Å²) in [6.45, 7) is -0.482. The molecule has 0 amide bonds. The van der Waals surface area contributed by atoms with Crippen molar-refractivity contribution < 1.29 is 39.6 Å². The maximum absolute atomic E-state index is 8.07. The van der Waals surface area contributed by atoms with Crippen molar-refractivity contribution in [3.8, 4) is 0 Å². The first-order valence-electron chi connectivity index (χ1n) is 3.71. The van der Waals surface area contributed by atoms with Gasteiger partial charge in [0.2, 0.25) is 0 Å². The fourth-order valence-corrected chi connectivity index (χ4v) is 0.307. The van der Waals surface area contributed by atoms with Crippen LogP contribution in [0.25, 0.3) is 0 Å². The molecule has 0 unspecified atom stereocenters. The number of hydrogen-bond acceptors (Lipinski definition) is 8. The number of hydrogen-bond donors (Lipinski definition) is 6. The molecule has 0 atom stereocenters. The van der Waals surface area contributed by atoms with Gasteiger partial charge in [-0.15, -0.1) is 0 Å². The Kier molecular flexibility index (Phi) is 25.8. The average Bonchev–Trinajstić information content (AvgIpc) is 2.12. The van der Waals surface area contributed by atoms with Crippen LogP contribution in [-0.4, -0.2) is 123 Å². The second-order valence-corrected chi connectivity index (χ2v) is 1.84. The molecule has 0 saturated carbocycles. The quantitative estimate of drug-likeness (QED) is 0.204. The Morgan fingerprint density at radius 3 is 1.13 bits per heavy atom. The zero-order valence-electron chi connectivity index (χ0n) is 7.48. The Morgan fingerprint density at radius 2 is 1.00 bits per heavy atom. The van der Waals surface area contributed by atoms with Gasteiger partial charge in [0, 0.05) is 0 Å². The van der Waals surface area contributed by atoms with Crippen LogP contribution in [0.3, 0.4) is 0 Å². The Morgan fingerprint density at radius 1 is 0.733 bits per heavy atom. The molecule has 0 heterocycles. The van der Waals surface area contributed by atoms with E-state index in [1.807, 2.05) is 0 Å². The minimum atomic E-state index is -1.85. The molecule has 0 saturated heterocycles. The van der Waals surface area contributed by atoms with Crippen molar-refractivity contribution in [2.24, 2.45) is 0 Å². The fraction of sp³-hybridized carbons (Fsp3) is 1.00. The van der Waals surface area contributed by atoms with Crippen molar-refractivity contribution in [1.29, 1.82) is 0 Å². The van der Waals surface area contributed by atoms with Gasteiger partial charge in [-0.25, -0.2) is 0 Å². The van der Waals surface area contributed by atoms with E-state index in [1.54, 1.807) is 0 Å². The molecular formula is C4H15B2KO8. The number of aliphatic hydroxyl groups is 2. The SMILES string of the molecule is OB(O)OCCOB(O)O.OCCO.[KH]. The molecule has 0 aliphatic heterocycles. The van der Waals surface area contributed by atoms with Crippen molar-refractivity contribution in [3.05, 3.63) is 0 Å². The summed E-state index contributed by atoms with van der Waals surface area (Å²) in [5, 5.41) is 47.5. The van der Waals surface area contributed by atoms with Crippen molar-refractivity contribution in [2.75, 3.05) is 26.4 Å². The van der Waals surface area contributed by atoms with Gasteiger partial charge in [-0.3, -0.25) is 0 Å². The summed E-state index contributed by atoms with van der Waals surface area (Å²) < 4.78 is 8.31. The standard InChI is InChI=1S/C2H8B2O6.C2H6O2.K.H/c5-3(6)9-1-2-10-4(7)8;3-1-2-4;;/h5-8H,1-2H2;3-4H,1-2H2;;. The molecule has 86 valence electrons. The van der Waals surface area contributed by atoms with Crippen molar-refractivity contribution in [1.82, 2.24) is 0 Å². The first-order valence-corrected chi connectivity index (χ1v) is 3.71. The van der Waals surface area contributed by atoms with Gasteiger partial charge in [0.1, 0.15) is 0 Å². The van der Waals surface area contributed by atoms with Gasteiger partial charge < -0.3 is 39.6 Å². The predicted octanol–water partition coefficient (Wildman–Crippen LogP) is -4.72.